The van der Waals surface area contributed by atoms with Crippen LogP contribution in [-0.2, 0) is 17.9 Å². The van der Waals surface area contributed by atoms with Crippen LogP contribution >= 0.6 is 0 Å². The van der Waals surface area contributed by atoms with Crippen molar-refractivity contribution in [3.05, 3.63) is 24.0 Å². The molecule has 4 heteroatoms. The minimum atomic E-state index is 0.297. The topological polar surface area (TPSA) is 37.3 Å². The molecule has 1 N–H and O–H groups in total. The fourth-order valence-corrected chi connectivity index (χ4v) is 2.34. The second-order valence-electron chi connectivity index (χ2n) is 4.86. The van der Waals surface area contributed by atoms with Crippen LogP contribution in [0.25, 0.3) is 0 Å². The maximum absolute atomic E-state index is 11.8. The predicted molar refractivity (Wildman–Crippen MR) is 72.2 cm³/mol. The summed E-state index contributed by atoms with van der Waals surface area (Å²) in [6.07, 6.45) is 7.20. The lowest BCUT2D eigenvalue weighted by molar-refractivity contribution is -0.130. The van der Waals surface area contributed by atoms with Crippen molar-refractivity contribution in [2.45, 2.75) is 39.3 Å². The Bertz CT molecular complexity index is 380. The van der Waals surface area contributed by atoms with Gasteiger partial charge in [-0.1, -0.05) is 0 Å². The molecule has 0 radical (unpaired) electrons. The van der Waals surface area contributed by atoms with Crippen molar-refractivity contribution in [1.29, 1.82) is 0 Å². The van der Waals surface area contributed by atoms with Gasteiger partial charge in [0.1, 0.15) is 0 Å². The Morgan fingerprint density at radius 1 is 1.39 bits per heavy atom. The van der Waals surface area contributed by atoms with Crippen LogP contribution in [0.2, 0.25) is 0 Å². The molecule has 2 heterocycles. The standard InChI is InChI=1S/C14H23N3O/c1-2-16-10-6-13(12-16)11-15-7-5-14(18)17-8-3-4-9-17/h6,10,12,15H,2-5,7-9,11H2,1H3. The van der Waals surface area contributed by atoms with E-state index in [1.165, 1.54) is 18.4 Å². The van der Waals surface area contributed by atoms with Gasteiger partial charge in [0.2, 0.25) is 5.91 Å². The number of aromatic nitrogens is 1. The van der Waals surface area contributed by atoms with Crippen molar-refractivity contribution < 1.29 is 4.79 Å². The van der Waals surface area contributed by atoms with Gasteiger partial charge in [-0.25, -0.2) is 0 Å². The summed E-state index contributed by atoms with van der Waals surface area (Å²) in [6.45, 7) is 6.67. The van der Waals surface area contributed by atoms with E-state index in [0.29, 0.717) is 12.3 Å². The van der Waals surface area contributed by atoms with Crippen LogP contribution in [0.5, 0.6) is 0 Å². The summed E-state index contributed by atoms with van der Waals surface area (Å²) in [5.41, 5.74) is 1.28. The molecule has 0 aliphatic carbocycles. The van der Waals surface area contributed by atoms with Gasteiger partial charge in [-0.3, -0.25) is 4.79 Å². The van der Waals surface area contributed by atoms with Crippen LogP contribution in [0, 0.1) is 0 Å². The highest BCUT2D eigenvalue weighted by atomic mass is 16.2. The molecule has 1 saturated heterocycles. The molecule has 4 nitrogen and oxygen atoms in total. The number of likely N-dealkylation sites (tertiary alicyclic amines) is 1. The van der Waals surface area contributed by atoms with Gasteiger partial charge in [0.05, 0.1) is 0 Å². The van der Waals surface area contributed by atoms with E-state index in [0.717, 1.165) is 32.7 Å². The zero-order chi connectivity index (χ0) is 12.8. The van der Waals surface area contributed by atoms with Crippen molar-refractivity contribution in [2.24, 2.45) is 0 Å². The molecule has 0 spiro atoms. The first-order valence-electron chi connectivity index (χ1n) is 6.92. The van der Waals surface area contributed by atoms with E-state index < -0.39 is 0 Å². The van der Waals surface area contributed by atoms with Crippen LogP contribution < -0.4 is 5.32 Å². The highest BCUT2D eigenvalue weighted by Gasteiger charge is 2.16. The van der Waals surface area contributed by atoms with Crippen LogP contribution in [0.15, 0.2) is 18.5 Å². The highest BCUT2D eigenvalue weighted by Crippen LogP contribution is 2.08. The first-order valence-corrected chi connectivity index (χ1v) is 6.92. The normalized spacial score (nSPS) is 15.3. The van der Waals surface area contributed by atoms with Gasteiger partial charge >= 0.3 is 0 Å². The zero-order valence-corrected chi connectivity index (χ0v) is 11.2. The van der Waals surface area contributed by atoms with E-state index in [-0.39, 0.29) is 0 Å². The third-order valence-electron chi connectivity index (χ3n) is 3.48. The van der Waals surface area contributed by atoms with Crippen molar-refractivity contribution in [1.82, 2.24) is 14.8 Å². The monoisotopic (exact) mass is 249 g/mol. The summed E-state index contributed by atoms with van der Waals surface area (Å²) in [5.74, 6) is 0.297. The van der Waals surface area contributed by atoms with Gasteiger partial charge in [-0.15, -0.1) is 0 Å². The zero-order valence-electron chi connectivity index (χ0n) is 11.2. The maximum Gasteiger partial charge on any atom is 0.223 e. The van der Waals surface area contributed by atoms with Crippen LogP contribution in [-0.4, -0.2) is 35.0 Å². The maximum atomic E-state index is 11.8. The van der Waals surface area contributed by atoms with Crippen LogP contribution in [0.1, 0.15) is 31.7 Å². The Kier molecular flexibility index (Phi) is 4.81. The highest BCUT2D eigenvalue weighted by molar-refractivity contribution is 5.76. The predicted octanol–water partition coefficient (Wildman–Crippen LogP) is 1.61. The Labute approximate surface area is 109 Å². The van der Waals surface area contributed by atoms with Crippen molar-refractivity contribution in [3.8, 4) is 0 Å². The molecule has 0 bridgehead atoms. The molecule has 1 aliphatic heterocycles. The molecular formula is C14H23N3O. The van der Waals surface area contributed by atoms with Gasteiger partial charge in [-0.05, 0) is 31.4 Å². The summed E-state index contributed by atoms with van der Waals surface area (Å²) in [7, 11) is 0. The van der Waals surface area contributed by atoms with E-state index in [4.69, 9.17) is 0 Å². The third kappa shape index (κ3) is 3.60. The summed E-state index contributed by atoms with van der Waals surface area (Å²) in [4.78, 5) is 13.8. The molecule has 1 aromatic heterocycles. The first kappa shape index (κ1) is 13.1. The summed E-state index contributed by atoms with van der Waals surface area (Å²) in [6, 6.07) is 2.12. The summed E-state index contributed by atoms with van der Waals surface area (Å²) in [5, 5.41) is 3.33. The fourth-order valence-electron chi connectivity index (χ4n) is 2.34. The van der Waals surface area contributed by atoms with Gasteiger partial charge in [0, 0.05) is 51.5 Å². The molecule has 0 saturated carbocycles. The van der Waals surface area contributed by atoms with E-state index in [2.05, 4.69) is 35.3 Å². The van der Waals surface area contributed by atoms with Gasteiger partial charge in [0.25, 0.3) is 0 Å². The molecule has 1 aromatic rings. The molecule has 2 rings (SSSR count). The van der Waals surface area contributed by atoms with Gasteiger partial charge in [-0.2, -0.15) is 0 Å². The summed E-state index contributed by atoms with van der Waals surface area (Å²) < 4.78 is 2.16. The lowest BCUT2D eigenvalue weighted by atomic mass is 10.3. The molecule has 1 fully saturated rings. The number of amides is 1. The molecule has 1 aliphatic rings. The lowest BCUT2D eigenvalue weighted by Crippen LogP contribution is -2.30. The minimum absolute atomic E-state index is 0.297. The molecule has 0 aromatic carbocycles. The van der Waals surface area contributed by atoms with Crippen LogP contribution in [0.3, 0.4) is 0 Å². The van der Waals surface area contributed by atoms with Crippen molar-refractivity contribution >= 4 is 5.91 Å². The Hall–Kier alpha value is -1.29. The number of nitrogens with one attached hydrogen (secondary N) is 1. The molecule has 18 heavy (non-hydrogen) atoms. The number of carbonyl (C=O) groups excluding carboxylic acids is 1. The summed E-state index contributed by atoms with van der Waals surface area (Å²) >= 11 is 0. The van der Waals surface area contributed by atoms with E-state index in [1.54, 1.807) is 0 Å². The number of carbonyl (C=O) groups is 1. The number of aryl methyl sites for hydroxylation is 1. The van der Waals surface area contributed by atoms with E-state index in [9.17, 15) is 4.79 Å². The average Bonchev–Trinajstić information content (AvgIpc) is 3.05. The lowest BCUT2D eigenvalue weighted by Gasteiger charge is -2.15. The SMILES string of the molecule is CCn1ccc(CNCCC(=O)N2CCCC2)c1. The molecule has 0 unspecified atom stereocenters. The number of nitrogens with zero attached hydrogens (tertiary/aromatic N) is 2. The van der Waals surface area contributed by atoms with Crippen molar-refractivity contribution in [3.63, 3.8) is 0 Å². The molecular weight excluding hydrogens is 226 g/mol. The second kappa shape index (κ2) is 6.59. The molecule has 1 amide bonds. The van der Waals surface area contributed by atoms with Crippen molar-refractivity contribution in [2.75, 3.05) is 19.6 Å². The number of hydrogen-bond acceptors (Lipinski definition) is 2. The first-order chi connectivity index (χ1) is 8.79. The molecule has 100 valence electrons. The quantitative estimate of drug-likeness (QED) is 0.778. The Morgan fingerprint density at radius 3 is 2.83 bits per heavy atom. The average molecular weight is 249 g/mol. The number of rotatable bonds is 6. The van der Waals surface area contributed by atoms with Gasteiger partial charge in [0.15, 0.2) is 0 Å². The van der Waals surface area contributed by atoms with Crippen LogP contribution in [0.4, 0.5) is 0 Å². The number of hydrogen-bond donors (Lipinski definition) is 1. The smallest absolute Gasteiger partial charge is 0.223 e. The largest absolute Gasteiger partial charge is 0.354 e. The second-order valence-corrected chi connectivity index (χ2v) is 4.86. The minimum Gasteiger partial charge on any atom is -0.354 e. The van der Waals surface area contributed by atoms with E-state index >= 15 is 0 Å². The Morgan fingerprint density at radius 2 is 2.17 bits per heavy atom. The van der Waals surface area contributed by atoms with Gasteiger partial charge < -0.3 is 14.8 Å². The fraction of sp³-hybridized carbons (Fsp3) is 0.643. The Balaban J connectivity index is 1.62. The van der Waals surface area contributed by atoms with E-state index in [1.807, 2.05) is 4.90 Å². The molecule has 0 atom stereocenters. The third-order valence-corrected chi connectivity index (χ3v) is 3.48.